The van der Waals surface area contributed by atoms with Gasteiger partial charge in [-0.05, 0) is 18.9 Å². The van der Waals surface area contributed by atoms with Crippen LogP contribution >= 0.6 is 15.2 Å². The number of likely N-dealkylation sites (tertiary alicyclic amines) is 1. The van der Waals surface area contributed by atoms with Gasteiger partial charge in [0.25, 0.3) is 5.08 Å². The van der Waals surface area contributed by atoms with E-state index >= 15 is 0 Å². The van der Waals surface area contributed by atoms with Crippen LogP contribution in [-0.4, -0.2) is 54.3 Å². The number of hydrogen-bond donors (Lipinski definition) is 5. The SMILES string of the molecule is CCC1CCN(CCC(O)(P(=O)(O)O)P(=O)(O)O)C1. The van der Waals surface area contributed by atoms with Crippen molar-refractivity contribution in [2.45, 2.75) is 31.3 Å². The molecule has 0 amide bonds. The Hall–Kier alpha value is 0.220. The maximum Gasteiger partial charge on any atom is 0.369 e. The molecule has 1 rings (SSSR count). The van der Waals surface area contributed by atoms with Gasteiger partial charge >= 0.3 is 15.2 Å². The molecule has 19 heavy (non-hydrogen) atoms. The van der Waals surface area contributed by atoms with Crippen LogP contribution < -0.4 is 0 Å². The second kappa shape index (κ2) is 5.92. The Kier molecular flexibility index (Phi) is 5.38. The Bertz CT molecular complexity index is 381. The summed E-state index contributed by atoms with van der Waals surface area (Å²) in [6.07, 6.45) is 1.27. The summed E-state index contributed by atoms with van der Waals surface area (Å²) >= 11 is 0. The summed E-state index contributed by atoms with van der Waals surface area (Å²) in [5.41, 5.74) is 0. The molecule has 0 radical (unpaired) electrons. The topological polar surface area (TPSA) is 139 Å². The predicted molar refractivity (Wildman–Crippen MR) is 68.5 cm³/mol. The van der Waals surface area contributed by atoms with Crippen molar-refractivity contribution in [1.82, 2.24) is 4.90 Å². The molecule has 8 nitrogen and oxygen atoms in total. The summed E-state index contributed by atoms with van der Waals surface area (Å²) in [4.78, 5) is 37.8. The van der Waals surface area contributed by atoms with Gasteiger partial charge in [-0.25, -0.2) is 0 Å². The van der Waals surface area contributed by atoms with Crippen molar-refractivity contribution in [3.05, 3.63) is 0 Å². The minimum Gasteiger partial charge on any atom is -0.367 e. The highest BCUT2D eigenvalue weighted by Gasteiger charge is 2.59. The minimum absolute atomic E-state index is 0.0449. The molecule has 5 N–H and O–H groups in total. The van der Waals surface area contributed by atoms with Crippen molar-refractivity contribution in [2.24, 2.45) is 5.92 Å². The summed E-state index contributed by atoms with van der Waals surface area (Å²) in [5, 5.41) is 6.43. The van der Waals surface area contributed by atoms with Crippen LogP contribution in [0.5, 0.6) is 0 Å². The summed E-state index contributed by atoms with van der Waals surface area (Å²) in [6.45, 7) is 3.50. The lowest BCUT2D eigenvalue weighted by Gasteiger charge is -2.30. The van der Waals surface area contributed by atoms with E-state index in [2.05, 4.69) is 0 Å². The van der Waals surface area contributed by atoms with E-state index in [1.54, 1.807) is 0 Å². The number of aliphatic hydroxyl groups is 1. The smallest absolute Gasteiger partial charge is 0.367 e. The molecule has 0 aromatic heterocycles. The van der Waals surface area contributed by atoms with Gasteiger partial charge in [-0.2, -0.15) is 0 Å². The van der Waals surface area contributed by atoms with Crippen LogP contribution in [0.25, 0.3) is 0 Å². The van der Waals surface area contributed by atoms with E-state index in [1.165, 1.54) is 0 Å². The molecule has 0 bridgehead atoms. The Balaban J connectivity index is 2.72. The first-order valence-corrected chi connectivity index (χ1v) is 9.29. The summed E-state index contributed by atoms with van der Waals surface area (Å²) < 4.78 is 22.3. The third-order valence-corrected chi connectivity index (χ3v) is 7.52. The molecule has 10 heteroatoms. The standard InChI is InChI=1S/C9H21NO7P2/c1-2-8-3-5-10(7-8)6-4-9(11,18(12,13)14)19(15,16)17/h8,11H,2-7H2,1H3,(H2,12,13,14)(H2,15,16,17). The monoisotopic (exact) mass is 317 g/mol. The highest BCUT2D eigenvalue weighted by molar-refractivity contribution is 7.72. The molecule has 1 saturated heterocycles. The van der Waals surface area contributed by atoms with E-state index in [0.717, 1.165) is 19.4 Å². The molecule has 1 heterocycles. The fourth-order valence-electron chi connectivity index (χ4n) is 2.22. The van der Waals surface area contributed by atoms with Gasteiger partial charge in [-0.15, -0.1) is 0 Å². The van der Waals surface area contributed by atoms with E-state index < -0.39 is 26.7 Å². The van der Waals surface area contributed by atoms with Crippen LogP contribution in [0.15, 0.2) is 0 Å². The van der Waals surface area contributed by atoms with Gasteiger partial charge in [0, 0.05) is 19.5 Å². The van der Waals surface area contributed by atoms with Crippen LogP contribution in [0.3, 0.4) is 0 Å². The molecule has 1 unspecified atom stereocenters. The Morgan fingerprint density at radius 2 is 1.74 bits per heavy atom. The fraction of sp³-hybridized carbons (Fsp3) is 1.00. The van der Waals surface area contributed by atoms with E-state index in [-0.39, 0.29) is 6.54 Å². The van der Waals surface area contributed by atoms with Gasteiger partial charge in [0.15, 0.2) is 0 Å². The Labute approximate surface area is 111 Å². The van der Waals surface area contributed by atoms with E-state index in [4.69, 9.17) is 19.6 Å². The number of rotatable bonds is 6. The van der Waals surface area contributed by atoms with Crippen molar-refractivity contribution in [3.8, 4) is 0 Å². The number of hydrogen-bond acceptors (Lipinski definition) is 4. The quantitative estimate of drug-likeness (QED) is 0.435. The van der Waals surface area contributed by atoms with Crippen molar-refractivity contribution >= 4 is 15.2 Å². The summed E-state index contributed by atoms with van der Waals surface area (Å²) in [6, 6.07) is 0. The predicted octanol–water partition coefficient (Wildman–Crippen LogP) is 0.110. The Morgan fingerprint density at radius 1 is 1.21 bits per heavy atom. The molecule has 0 aromatic rings. The first kappa shape index (κ1) is 17.3. The second-order valence-corrected chi connectivity index (χ2v) is 8.98. The van der Waals surface area contributed by atoms with Crippen molar-refractivity contribution in [1.29, 1.82) is 0 Å². The third kappa shape index (κ3) is 3.86. The molecular formula is C9H21NO7P2. The Morgan fingerprint density at radius 3 is 2.11 bits per heavy atom. The third-order valence-electron chi connectivity index (χ3n) is 3.64. The minimum atomic E-state index is -5.32. The van der Waals surface area contributed by atoms with E-state index in [0.29, 0.717) is 12.5 Å². The lowest BCUT2D eigenvalue weighted by molar-refractivity contribution is 0.111. The highest BCUT2D eigenvalue weighted by Crippen LogP contribution is 2.68. The zero-order chi connectivity index (χ0) is 14.9. The first-order valence-electron chi connectivity index (χ1n) is 6.07. The second-order valence-electron chi connectivity index (χ2n) is 4.98. The van der Waals surface area contributed by atoms with Crippen molar-refractivity contribution < 1.29 is 33.8 Å². The molecule has 0 spiro atoms. The summed E-state index contributed by atoms with van der Waals surface area (Å²) in [7, 11) is -10.6. The fourth-order valence-corrected chi connectivity index (χ4v) is 4.36. The van der Waals surface area contributed by atoms with Crippen LogP contribution in [-0.2, 0) is 9.13 Å². The van der Waals surface area contributed by atoms with Gasteiger partial charge in [0.1, 0.15) is 0 Å². The largest absolute Gasteiger partial charge is 0.369 e. The molecule has 1 atom stereocenters. The zero-order valence-electron chi connectivity index (χ0n) is 10.7. The van der Waals surface area contributed by atoms with Crippen LogP contribution in [0, 0.1) is 5.92 Å². The van der Waals surface area contributed by atoms with E-state index in [1.807, 2.05) is 11.8 Å². The van der Waals surface area contributed by atoms with Crippen LogP contribution in [0.1, 0.15) is 26.2 Å². The number of nitrogens with zero attached hydrogens (tertiary/aromatic N) is 1. The zero-order valence-corrected chi connectivity index (χ0v) is 12.5. The van der Waals surface area contributed by atoms with Gasteiger partial charge in [-0.1, -0.05) is 13.3 Å². The van der Waals surface area contributed by atoms with Crippen molar-refractivity contribution in [3.63, 3.8) is 0 Å². The molecule has 0 aliphatic carbocycles. The maximum atomic E-state index is 11.2. The van der Waals surface area contributed by atoms with Gasteiger partial charge in [0.05, 0.1) is 0 Å². The van der Waals surface area contributed by atoms with E-state index in [9.17, 15) is 14.2 Å². The first-order chi connectivity index (χ1) is 8.51. The highest BCUT2D eigenvalue weighted by atomic mass is 31.2. The molecule has 1 aliphatic rings. The molecule has 1 aliphatic heterocycles. The average Bonchev–Trinajstić information content (AvgIpc) is 2.70. The molecule has 114 valence electrons. The van der Waals surface area contributed by atoms with Gasteiger partial charge in [0.2, 0.25) is 0 Å². The summed E-state index contributed by atoms with van der Waals surface area (Å²) in [5.74, 6) is 0.484. The van der Waals surface area contributed by atoms with Gasteiger partial charge in [-0.3, -0.25) is 9.13 Å². The van der Waals surface area contributed by atoms with Crippen LogP contribution in [0.2, 0.25) is 0 Å². The van der Waals surface area contributed by atoms with Crippen LogP contribution in [0.4, 0.5) is 0 Å². The van der Waals surface area contributed by atoms with Gasteiger partial charge < -0.3 is 29.6 Å². The lowest BCUT2D eigenvalue weighted by atomic mass is 10.1. The lowest BCUT2D eigenvalue weighted by Crippen LogP contribution is -2.34. The molecular weight excluding hydrogens is 296 g/mol. The average molecular weight is 317 g/mol. The molecule has 1 fully saturated rings. The maximum absolute atomic E-state index is 11.2. The van der Waals surface area contributed by atoms with Crippen molar-refractivity contribution in [2.75, 3.05) is 19.6 Å². The molecule has 0 saturated carbocycles. The normalized spacial score (nSPS) is 22.9. The molecule has 0 aromatic carbocycles.